The second kappa shape index (κ2) is 7.74. The number of aliphatic hydroxyl groups is 1. The SMILES string of the molecule is COc1cc(C(C)NCC(C)(O)C(C)C)ccc1OC(F)F. The maximum Gasteiger partial charge on any atom is 0.387 e. The molecule has 0 saturated carbocycles. The maximum atomic E-state index is 12.3. The Morgan fingerprint density at radius 2 is 1.86 bits per heavy atom. The molecule has 0 aromatic heterocycles. The zero-order valence-corrected chi connectivity index (χ0v) is 13.7. The largest absolute Gasteiger partial charge is 0.493 e. The zero-order chi connectivity index (χ0) is 16.9. The van der Waals surface area contributed by atoms with Crippen LogP contribution in [0.2, 0.25) is 0 Å². The van der Waals surface area contributed by atoms with Crippen molar-refractivity contribution in [2.45, 2.75) is 45.9 Å². The first-order chi connectivity index (χ1) is 10.2. The van der Waals surface area contributed by atoms with Gasteiger partial charge in [0.2, 0.25) is 0 Å². The van der Waals surface area contributed by atoms with Gasteiger partial charge in [0.15, 0.2) is 11.5 Å². The molecule has 4 nitrogen and oxygen atoms in total. The lowest BCUT2D eigenvalue weighted by molar-refractivity contribution is -0.0512. The number of alkyl halides is 2. The van der Waals surface area contributed by atoms with E-state index >= 15 is 0 Å². The van der Waals surface area contributed by atoms with Gasteiger partial charge in [0, 0.05) is 12.6 Å². The lowest BCUT2D eigenvalue weighted by Gasteiger charge is -2.30. The van der Waals surface area contributed by atoms with Gasteiger partial charge in [0.25, 0.3) is 0 Å². The van der Waals surface area contributed by atoms with Gasteiger partial charge >= 0.3 is 6.61 Å². The highest BCUT2D eigenvalue weighted by Gasteiger charge is 2.25. The molecule has 0 fully saturated rings. The zero-order valence-electron chi connectivity index (χ0n) is 13.7. The average molecular weight is 317 g/mol. The summed E-state index contributed by atoms with van der Waals surface area (Å²) in [5.41, 5.74) is 0.0369. The van der Waals surface area contributed by atoms with E-state index in [0.29, 0.717) is 6.54 Å². The molecule has 1 rings (SSSR count). The molecule has 6 heteroatoms. The summed E-state index contributed by atoms with van der Waals surface area (Å²) in [6.45, 7) is 5.13. The Bertz CT molecular complexity index is 478. The van der Waals surface area contributed by atoms with Crippen LogP contribution in [0.4, 0.5) is 8.78 Å². The van der Waals surface area contributed by atoms with Crippen LogP contribution in [-0.2, 0) is 0 Å². The van der Waals surface area contributed by atoms with Crippen LogP contribution < -0.4 is 14.8 Å². The van der Waals surface area contributed by atoms with E-state index in [2.05, 4.69) is 10.1 Å². The Morgan fingerprint density at radius 3 is 2.36 bits per heavy atom. The molecular formula is C16H25F2NO3. The molecule has 1 aromatic carbocycles. The minimum Gasteiger partial charge on any atom is -0.493 e. The van der Waals surface area contributed by atoms with Crippen LogP contribution >= 0.6 is 0 Å². The summed E-state index contributed by atoms with van der Waals surface area (Å²) in [6.07, 6.45) is 0. The van der Waals surface area contributed by atoms with Gasteiger partial charge in [-0.05, 0) is 37.5 Å². The Morgan fingerprint density at radius 1 is 1.23 bits per heavy atom. The standard InChI is InChI=1S/C16H25F2NO3/c1-10(2)16(4,20)9-19-11(3)12-6-7-13(22-15(17)18)14(8-12)21-5/h6-8,10-11,15,19-20H,9H2,1-5H3. The number of halogens is 2. The van der Waals surface area contributed by atoms with E-state index < -0.39 is 12.2 Å². The first kappa shape index (κ1) is 18.6. The molecular weight excluding hydrogens is 292 g/mol. The topological polar surface area (TPSA) is 50.7 Å². The smallest absolute Gasteiger partial charge is 0.387 e. The summed E-state index contributed by atoms with van der Waals surface area (Å²) < 4.78 is 34.1. The van der Waals surface area contributed by atoms with E-state index in [0.717, 1.165) is 5.56 Å². The fourth-order valence-electron chi connectivity index (χ4n) is 1.83. The quantitative estimate of drug-likeness (QED) is 0.772. The van der Waals surface area contributed by atoms with Crippen molar-refractivity contribution in [3.63, 3.8) is 0 Å². The first-order valence-electron chi connectivity index (χ1n) is 7.26. The summed E-state index contributed by atoms with van der Waals surface area (Å²) in [5.74, 6) is 0.369. The van der Waals surface area contributed by atoms with Crippen LogP contribution in [-0.4, -0.2) is 31.0 Å². The van der Waals surface area contributed by atoms with Gasteiger partial charge in [-0.1, -0.05) is 19.9 Å². The molecule has 0 heterocycles. The van der Waals surface area contributed by atoms with Crippen LogP contribution in [0.5, 0.6) is 11.5 Å². The highest BCUT2D eigenvalue weighted by Crippen LogP contribution is 2.31. The number of methoxy groups -OCH3 is 1. The predicted molar refractivity (Wildman–Crippen MR) is 81.5 cm³/mol. The Hall–Kier alpha value is -1.40. The van der Waals surface area contributed by atoms with E-state index in [9.17, 15) is 13.9 Å². The third kappa shape index (κ3) is 5.10. The predicted octanol–water partition coefficient (Wildman–Crippen LogP) is 3.35. The van der Waals surface area contributed by atoms with E-state index in [-0.39, 0.29) is 23.5 Å². The number of nitrogens with one attached hydrogen (secondary N) is 1. The van der Waals surface area contributed by atoms with E-state index in [4.69, 9.17) is 4.74 Å². The van der Waals surface area contributed by atoms with Crippen molar-refractivity contribution in [3.05, 3.63) is 23.8 Å². The molecule has 0 saturated heterocycles. The molecule has 0 spiro atoms. The maximum absolute atomic E-state index is 12.3. The number of ether oxygens (including phenoxy) is 2. The highest BCUT2D eigenvalue weighted by atomic mass is 19.3. The Kier molecular flexibility index (Phi) is 6.56. The van der Waals surface area contributed by atoms with Gasteiger partial charge in [0.05, 0.1) is 12.7 Å². The van der Waals surface area contributed by atoms with Crippen LogP contribution in [0.3, 0.4) is 0 Å². The molecule has 22 heavy (non-hydrogen) atoms. The third-order valence-corrected chi connectivity index (χ3v) is 3.91. The van der Waals surface area contributed by atoms with Crippen molar-refractivity contribution in [1.82, 2.24) is 5.32 Å². The molecule has 0 bridgehead atoms. The molecule has 126 valence electrons. The average Bonchev–Trinajstić information content (AvgIpc) is 2.44. The lowest BCUT2D eigenvalue weighted by atomic mass is 9.92. The van der Waals surface area contributed by atoms with Crippen LogP contribution in [0.25, 0.3) is 0 Å². The molecule has 2 unspecified atom stereocenters. The van der Waals surface area contributed by atoms with Crippen LogP contribution in [0.1, 0.15) is 39.3 Å². The van der Waals surface area contributed by atoms with E-state index in [1.165, 1.54) is 13.2 Å². The molecule has 0 aliphatic carbocycles. The number of hydrogen-bond acceptors (Lipinski definition) is 4. The fourth-order valence-corrected chi connectivity index (χ4v) is 1.83. The number of hydrogen-bond donors (Lipinski definition) is 2. The summed E-state index contributed by atoms with van der Waals surface area (Å²) in [6, 6.07) is 4.74. The van der Waals surface area contributed by atoms with Gasteiger partial charge in [-0.3, -0.25) is 0 Å². The molecule has 1 aromatic rings. The summed E-state index contributed by atoms with van der Waals surface area (Å²) in [7, 11) is 1.40. The Labute approximate surface area is 130 Å². The molecule has 0 radical (unpaired) electrons. The number of rotatable bonds is 8. The molecule has 0 aliphatic heterocycles. The monoisotopic (exact) mass is 317 g/mol. The molecule has 0 amide bonds. The van der Waals surface area contributed by atoms with E-state index in [1.54, 1.807) is 19.1 Å². The number of benzene rings is 1. The van der Waals surface area contributed by atoms with Gasteiger partial charge < -0.3 is 19.9 Å². The second-order valence-corrected chi connectivity index (χ2v) is 5.90. The Balaban J connectivity index is 2.80. The van der Waals surface area contributed by atoms with Gasteiger partial charge in [-0.2, -0.15) is 8.78 Å². The first-order valence-corrected chi connectivity index (χ1v) is 7.26. The summed E-state index contributed by atoms with van der Waals surface area (Å²) in [4.78, 5) is 0. The van der Waals surface area contributed by atoms with Crippen molar-refractivity contribution < 1.29 is 23.4 Å². The van der Waals surface area contributed by atoms with Crippen molar-refractivity contribution in [2.24, 2.45) is 5.92 Å². The van der Waals surface area contributed by atoms with Gasteiger partial charge in [0.1, 0.15) is 0 Å². The highest BCUT2D eigenvalue weighted by molar-refractivity contribution is 5.43. The minimum absolute atomic E-state index is 0.00243. The van der Waals surface area contributed by atoms with Crippen molar-refractivity contribution in [2.75, 3.05) is 13.7 Å². The third-order valence-electron chi connectivity index (χ3n) is 3.91. The summed E-state index contributed by atoms with van der Waals surface area (Å²) in [5, 5.41) is 13.5. The van der Waals surface area contributed by atoms with Gasteiger partial charge in [-0.25, -0.2) is 0 Å². The molecule has 2 N–H and O–H groups in total. The molecule has 0 aliphatic rings. The lowest BCUT2D eigenvalue weighted by Crippen LogP contribution is -2.42. The van der Waals surface area contributed by atoms with Gasteiger partial charge in [-0.15, -0.1) is 0 Å². The minimum atomic E-state index is -2.89. The van der Waals surface area contributed by atoms with Crippen LogP contribution in [0.15, 0.2) is 18.2 Å². The van der Waals surface area contributed by atoms with Crippen LogP contribution in [0, 0.1) is 5.92 Å². The second-order valence-electron chi connectivity index (χ2n) is 5.90. The van der Waals surface area contributed by atoms with E-state index in [1.807, 2.05) is 20.8 Å². The molecule has 2 atom stereocenters. The summed E-state index contributed by atoms with van der Waals surface area (Å²) >= 11 is 0. The van der Waals surface area contributed by atoms with Crippen molar-refractivity contribution in [3.8, 4) is 11.5 Å². The van der Waals surface area contributed by atoms with Crippen molar-refractivity contribution in [1.29, 1.82) is 0 Å². The van der Waals surface area contributed by atoms with Crippen molar-refractivity contribution >= 4 is 0 Å². The normalized spacial score (nSPS) is 15.7. The fraction of sp³-hybridized carbons (Fsp3) is 0.625.